The summed E-state index contributed by atoms with van der Waals surface area (Å²) >= 11 is 0. The third-order valence-electron chi connectivity index (χ3n) is 5.38. The van der Waals surface area contributed by atoms with E-state index in [4.69, 9.17) is 5.11 Å². The van der Waals surface area contributed by atoms with Crippen LogP contribution in [-0.2, 0) is 13.6 Å². The van der Waals surface area contributed by atoms with E-state index in [1.54, 1.807) is 30.1 Å². The van der Waals surface area contributed by atoms with Crippen LogP contribution in [0.1, 0.15) is 15.9 Å². The first-order valence-corrected chi connectivity index (χ1v) is 11.1. The summed E-state index contributed by atoms with van der Waals surface area (Å²) in [6.07, 6.45) is 3.52. The van der Waals surface area contributed by atoms with E-state index < -0.39 is 0 Å². The summed E-state index contributed by atoms with van der Waals surface area (Å²) in [7, 11) is 3.45. The maximum absolute atomic E-state index is 13.0. The Kier molecular flexibility index (Phi) is 7.22. The van der Waals surface area contributed by atoms with Crippen LogP contribution < -0.4 is 16.0 Å². The molecule has 2 heterocycles. The van der Waals surface area contributed by atoms with E-state index in [2.05, 4.69) is 26.0 Å². The minimum absolute atomic E-state index is 0.119. The fourth-order valence-corrected chi connectivity index (χ4v) is 3.56. The molecule has 0 aliphatic rings. The van der Waals surface area contributed by atoms with E-state index in [1.807, 2.05) is 55.7 Å². The number of para-hydroxylation sites is 1. The zero-order valence-corrected chi connectivity index (χ0v) is 19.5. The molecule has 4 aromatic rings. The molecule has 0 saturated carbocycles. The second-order valence-corrected chi connectivity index (χ2v) is 8.05. The normalized spacial score (nSPS) is 10.7. The lowest BCUT2D eigenvalue weighted by Gasteiger charge is -2.16. The number of hydrogen-bond donors (Lipinski definition) is 4. The van der Waals surface area contributed by atoms with Crippen molar-refractivity contribution in [2.24, 2.45) is 7.05 Å². The number of nitrogens with zero attached hydrogens (tertiary/aromatic N) is 4. The van der Waals surface area contributed by atoms with Crippen LogP contribution in [0.3, 0.4) is 0 Å². The van der Waals surface area contributed by atoms with Gasteiger partial charge in [0.25, 0.3) is 5.91 Å². The largest absolute Gasteiger partial charge is 0.395 e. The van der Waals surface area contributed by atoms with Crippen molar-refractivity contribution in [3.63, 3.8) is 0 Å². The Hall–Kier alpha value is -4.44. The van der Waals surface area contributed by atoms with Crippen LogP contribution >= 0.6 is 0 Å². The fraction of sp³-hybridized carbons (Fsp3) is 0.200. The third kappa shape index (κ3) is 5.92. The Labute approximate surface area is 202 Å². The summed E-state index contributed by atoms with van der Waals surface area (Å²) in [6, 6.07) is 16.1. The lowest BCUT2D eigenvalue weighted by Crippen LogP contribution is -2.33. The number of anilines is 3. The summed E-state index contributed by atoms with van der Waals surface area (Å²) in [5.74, 6) is 0.160. The molecule has 2 aromatic carbocycles. The number of hydrogen-bond acceptors (Lipinski definition) is 6. The number of aliphatic hydroxyl groups is 1. The number of nitrogens with one attached hydrogen (secondary N) is 3. The van der Waals surface area contributed by atoms with Gasteiger partial charge in [0.2, 0.25) is 0 Å². The molecule has 3 amide bonds. The Balaban J connectivity index is 1.43. The molecule has 0 atom stereocenters. The predicted molar refractivity (Wildman–Crippen MR) is 135 cm³/mol. The third-order valence-corrected chi connectivity index (χ3v) is 5.38. The summed E-state index contributed by atoms with van der Waals surface area (Å²) in [5, 5.41) is 23.3. The van der Waals surface area contributed by atoms with Gasteiger partial charge in [-0.05, 0) is 48.0 Å². The van der Waals surface area contributed by atoms with Crippen LogP contribution in [-0.4, -0.2) is 56.9 Å². The molecule has 0 aliphatic heterocycles. The quantitative estimate of drug-likeness (QED) is 0.311. The highest BCUT2D eigenvalue weighted by molar-refractivity contribution is 6.08. The van der Waals surface area contributed by atoms with Crippen molar-refractivity contribution in [2.45, 2.75) is 6.54 Å². The standard InChI is InChI=1S/C25H27N7O3/c1-31(11-12-33)25(35)29-23-13-17(9-10-26-23)15-27-21-6-4-3-5-20(21)24(34)28-19-8-7-18-16-32(2)30-22(18)14-19/h3-10,13-14,16,27,33H,11-12,15H2,1-2H3,(H,28,34)(H,26,29,35). The average Bonchev–Trinajstić information content (AvgIpc) is 3.22. The Morgan fingerprint density at radius 1 is 1.09 bits per heavy atom. The van der Waals surface area contributed by atoms with Crippen LogP contribution in [0, 0.1) is 0 Å². The number of rotatable bonds is 8. The number of aliphatic hydroxyl groups excluding tert-OH is 1. The zero-order valence-electron chi connectivity index (χ0n) is 19.5. The number of aromatic nitrogens is 3. The number of fused-ring (bicyclic) bond motifs is 1. The lowest BCUT2D eigenvalue weighted by atomic mass is 10.1. The van der Waals surface area contributed by atoms with Crippen LogP contribution in [0.15, 0.2) is 67.0 Å². The van der Waals surface area contributed by atoms with E-state index in [-0.39, 0.29) is 25.1 Å². The summed E-state index contributed by atoms with van der Waals surface area (Å²) in [4.78, 5) is 30.7. The Morgan fingerprint density at radius 2 is 1.91 bits per heavy atom. The van der Waals surface area contributed by atoms with Gasteiger partial charge in [-0.3, -0.25) is 14.8 Å². The van der Waals surface area contributed by atoms with Gasteiger partial charge in [-0.2, -0.15) is 5.10 Å². The van der Waals surface area contributed by atoms with Crippen molar-refractivity contribution in [3.05, 3.63) is 78.1 Å². The highest BCUT2D eigenvalue weighted by atomic mass is 16.3. The van der Waals surface area contributed by atoms with Crippen molar-refractivity contribution in [1.29, 1.82) is 0 Å². The second-order valence-electron chi connectivity index (χ2n) is 8.05. The van der Waals surface area contributed by atoms with Crippen molar-refractivity contribution >= 4 is 40.0 Å². The van der Waals surface area contributed by atoms with E-state index in [9.17, 15) is 9.59 Å². The van der Waals surface area contributed by atoms with Gasteiger partial charge >= 0.3 is 6.03 Å². The molecule has 0 radical (unpaired) electrons. The highest BCUT2D eigenvalue weighted by Crippen LogP contribution is 2.21. The van der Waals surface area contributed by atoms with Crippen LogP contribution in [0.5, 0.6) is 0 Å². The van der Waals surface area contributed by atoms with Crippen LogP contribution in [0.2, 0.25) is 0 Å². The molecule has 2 aromatic heterocycles. The highest BCUT2D eigenvalue weighted by Gasteiger charge is 2.13. The van der Waals surface area contributed by atoms with Crippen molar-refractivity contribution in [3.8, 4) is 0 Å². The minimum atomic E-state index is -0.359. The molecular weight excluding hydrogens is 446 g/mol. The summed E-state index contributed by atoms with van der Waals surface area (Å²) in [6.45, 7) is 0.524. The minimum Gasteiger partial charge on any atom is -0.395 e. The van der Waals surface area contributed by atoms with Gasteiger partial charge in [0.15, 0.2) is 0 Å². The first-order chi connectivity index (χ1) is 16.9. The van der Waals surface area contributed by atoms with Gasteiger partial charge in [-0.25, -0.2) is 9.78 Å². The topological polar surface area (TPSA) is 124 Å². The molecule has 0 spiro atoms. The summed E-state index contributed by atoms with van der Waals surface area (Å²) in [5.41, 5.74) is 3.52. The number of carbonyl (C=O) groups excluding carboxylic acids is 2. The van der Waals surface area contributed by atoms with E-state index in [0.717, 1.165) is 16.5 Å². The fourth-order valence-electron chi connectivity index (χ4n) is 3.56. The first kappa shape index (κ1) is 23.7. The SMILES string of the molecule is CN(CCO)C(=O)Nc1cc(CNc2ccccc2C(=O)Nc2ccc3cn(C)nc3c2)ccn1. The predicted octanol–water partition coefficient (Wildman–Crippen LogP) is 3.29. The molecule has 0 unspecified atom stereocenters. The molecule has 0 fully saturated rings. The van der Waals surface area contributed by atoms with Gasteiger partial charge in [0.1, 0.15) is 5.82 Å². The van der Waals surface area contributed by atoms with Gasteiger partial charge in [0.05, 0.1) is 17.7 Å². The molecule has 10 nitrogen and oxygen atoms in total. The molecule has 4 rings (SSSR count). The van der Waals surface area contributed by atoms with Gasteiger partial charge in [-0.15, -0.1) is 0 Å². The molecule has 10 heteroatoms. The number of aryl methyl sites for hydroxylation is 1. The number of benzene rings is 2. The summed E-state index contributed by atoms with van der Waals surface area (Å²) < 4.78 is 1.73. The molecule has 0 saturated heterocycles. The molecule has 4 N–H and O–H groups in total. The number of amides is 3. The molecule has 180 valence electrons. The Bertz CT molecular complexity index is 1350. The smallest absolute Gasteiger partial charge is 0.322 e. The number of likely N-dealkylation sites (N-methyl/N-ethyl adjacent to an activating group) is 1. The maximum Gasteiger partial charge on any atom is 0.322 e. The average molecular weight is 474 g/mol. The molecule has 35 heavy (non-hydrogen) atoms. The van der Waals surface area contributed by atoms with E-state index >= 15 is 0 Å². The first-order valence-electron chi connectivity index (χ1n) is 11.1. The monoisotopic (exact) mass is 473 g/mol. The lowest BCUT2D eigenvalue weighted by molar-refractivity contribution is 0.102. The molecule has 0 aliphatic carbocycles. The number of pyridine rings is 1. The second kappa shape index (κ2) is 10.7. The molecule has 0 bridgehead atoms. The maximum atomic E-state index is 13.0. The molecular formula is C25H27N7O3. The van der Waals surface area contributed by atoms with Gasteiger partial charge < -0.3 is 20.6 Å². The zero-order chi connectivity index (χ0) is 24.8. The van der Waals surface area contributed by atoms with Crippen LogP contribution in [0.4, 0.5) is 22.0 Å². The van der Waals surface area contributed by atoms with E-state index in [1.165, 1.54) is 4.90 Å². The van der Waals surface area contributed by atoms with E-state index in [0.29, 0.717) is 29.3 Å². The number of urea groups is 1. The number of carbonyl (C=O) groups is 2. The van der Waals surface area contributed by atoms with Crippen molar-refractivity contribution < 1.29 is 14.7 Å². The van der Waals surface area contributed by atoms with Gasteiger partial charge in [0, 0.05) is 56.3 Å². The van der Waals surface area contributed by atoms with Gasteiger partial charge in [-0.1, -0.05) is 12.1 Å². The van der Waals surface area contributed by atoms with Crippen molar-refractivity contribution in [2.75, 3.05) is 36.1 Å². The van der Waals surface area contributed by atoms with Crippen molar-refractivity contribution in [1.82, 2.24) is 19.7 Å². The Morgan fingerprint density at radius 3 is 2.74 bits per heavy atom. The van der Waals surface area contributed by atoms with Crippen LogP contribution in [0.25, 0.3) is 10.9 Å².